The Morgan fingerprint density at radius 3 is 2.50 bits per heavy atom. The largest absolute Gasteiger partial charge is 0.497 e. The molecule has 6 heteroatoms. The summed E-state index contributed by atoms with van der Waals surface area (Å²) in [6.07, 6.45) is 1.98. The number of hydrogen-bond donors (Lipinski definition) is 0. The van der Waals surface area contributed by atoms with Gasteiger partial charge in [-0.05, 0) is 35.9 Å². The van der Waals surface area contributed by atoms with Crippen LogP contribution in [-0.4, -0.2) is 22.0 Å². The molecule has 0 unspecified atom stereocenters. The van der Waals surface area contributed by atoms with E-state index in [9.17, 15) is 9.59 Å². The smallest absolute Gasteiger partial charge is 0.298 e. The number of fused-ring (bicyclic) bond motifs is 1. The van der Waals surface area contributed by atoms with Crippen molar-refractivity contribution in [2.75, 3.05) is 12.0 Å². The van der Waals surface area contributed by atoms with Crippen molar-refractivity contribution in [3.63, 3.8) is 0 Å². The van der Waals surface area contributed by atoms with E-state index in [1.165, 1.54) is 4.90 Å². The van der Waals surface area contributed by atoms with Crippen LogP contribution in [-0.2, 0) is 11.3 Å². The second-order valence-electron chi connectivity index (χ2n) is 5.94. The van der Waals surface area contributed by atoms with Gasteiger partial charge >= 0.3 is 0 Å². The first-order valence-corrected chi connectivity index (χ1v) is 8.86. The predicted octanol–water partition coefficient (Wildman–Crippen LogP) is 4.41. The number of hydrogen-bond acceptors (Lipinski definition) is 4. The first-order chi connectivity index (χ1) is 12.6. The van der Waals surface area contributed by atoms with Crippen LogP contribution >= 0.6 is 11.8 Å². The van der Waals surface area contributed by atoms with E-state index in [2.05, 4.69) is 11.1 Å². The molecule has 1 fully saturated rings. The first kappa shape index (κ1) is 16.5. The minimum atomic E-state index is -0.310. The summed E-state index contributed by atoms with van der Waals surface area (Å²) in [6, 6.07) is 15.6. The molecule has 1 aliphatic rings. The van der Waals surface area contributed by atoms with Crippen molar-refractivity contribution < 1.29 is 14.3 Å². The van der Waals surface area contributed by atoms with Crippen molar-refractivity contribution in [1.82, 2.24) is 4.57 Å². The van der Waals surface area contributed by atoms with Crippen LogP contribution < -0.4 is 9.64 Å². The Labute approximate surface area is 154 Å². The molecule has 0 aliphatic carbocycles. The van der Waals surface area contributed by atoms with Gasteiger partial charge in [0.05, 0.1) is 24.0 Å². The summed E-state index contributed by atoms with van der Waals surface area (Å²) in [5.41, 5.74) is 3.02. The summed E-state index contributed by atoms with van der Waals surface area (Å²) >= 11 is 0.683. The number of amides is 1. The lowest BCUT2D eigenvalue weighted by molar-refractivity contribution is -0.107. The van der Waals surface area contributed by atoms with E-state index in [1.807, 2.05) is 54.7 Å². The third kappa shape index (κ3) is 2.68. The molecule has 2 heterocycles. The lowest BCUT2D eigenvalue weighted by Crippen LogP contribution is -2.20. The lowest BCUT2D eigenvalue weighted by Gasteiger charge is -2.16. The highest BCUT2D eigenvalue weighted by molar-refractivity contribution is 8.27. The van der Waals surface area contributed by atoms with E-state index >= 15 is 0 Å². The minimum Gasteiger partial charge on any atom is -0.497 e. The molecule has 5 nitrogen and oxygen atoms in total. The molecule has 26 heavy (non-hydrogen) atoms. The van der Waals surface area contributed by atoms with E-state index in [1.54, 1.807) is 7.11 Å². The molecule has 2 aromatic carbocycles. The monoisotopic (exact) mass is 364 g/mol. The van der Waals surface area contributed by atoms with Crippen LogP contribution in [0.4, 0.5) is 10.5 Å². The Bertz CT molecular complexity index is 1040. The molecule has 4 rings (SSSR count). The summed E-state index contributed by atoms with van der Waals surface area (Å²) in [4.78, 5) is 25.4. The number of carbonyl (C=O) groups excluding carboxylic acids is 2. The molecule has 0 atom stereocenters. The second-order valence-corrected chi connectivity index (χ2v) is 6.86. The molecule has 0 saturated carbocycles. The van der Waals surface area contributed by atoms with Gasteiger partial charge in [-0.25, -0.2) is 0 Å². The third-order valence-corrected chi connectivity index (χ3v) is 5.19. The second kappa shape index (κ2) is 6.38. The molecule has 0 bridgehead atoms. The molecule has 0 radical (unpaired) electrons. The van der Waals surface area contributed by atoms with Crippen molar-refractivity contribution in [3.05, 3.63) is 72.6 Å². The number of nitrogens with zero attached hydrogens (tertiary/aromatic N) is 2. The van der Waals surface area contributed by atoms with Crippen LogP contribution in [0, 0.1) is 0 Å². The Hall–Kier alpha value is -2.99. The van der Waals surface area contributed by atoms with E-state index in [0.717, 1.165) is 22.2 Å². The van der Waals surface area contributed by atoms with Crippen LogP contribution in [0.25, 0.3) is 10.9 Å². The van der Waals surface area contributed by atoms with Gasteiger partial charge in [0.1, 0.15) is 5.75 Å². The highest BCUT2D eigenvalue weighted by Gasteiger charge is 2.35. The molecular formula is C20H16N2O3S. The molecule has 1 aliphatic heterocycles. The fourth-order valence-electron chi connectivity index (χ4n) is 3.10. The maximum Gasteiger partial charge on any atom is 0.298 e. The van der Waals surface area contributed by atoms with Crippen molar-refractivity contribution in [2.45, 2.75) is 6.54 Å². The van der Waals surface area contributed by atoms with Gasteiger partial charge in [0.25, 0.3) is 5.24 Å². The van der Waals surface area contributed by atoms with E-state index < -0.39 is 0 Å². The van der Waals surface area contributed by atoms with Gasteiger partial charge in [-0.15, -0.1) is 0 Å². The number of aromatic nitrogens is 1. The zero-order valence-corrected chi connectivity index (χ0v) is 15.0. The van der Waals surface area contributed by atoms with Gasteiger partial charge in [0, 0.05) is 29.9 Å². The van der Waals surface area contributed by atoms with Crippen molar-refractivity contribution in [1.29, 1.82) is 0 Å². The minimum absolute atomic E-state index is 0.204. The Morgan fingerprint density at radius 1 is 1.08 bits per heavy atom. The molecule has 0 N–H and O–H groups in total. The SMILES string of the molecule is C=C1C(=O)SC(=O)N1c1cccc2c1ccn2Cc1ccc(OC)cc1. The first-order valence-electron chi connectivity index (χ1n) is 8.04. The zero-order valence-electron chi connectivity index (χ0n) is 14.1. The van der Waals surface area contributed by atoms with Crippen LogP contribution in [0.3, 0.4) is 0 Å². The predicted molar refractivity (Wildman–Crippen MR) is 104 cm³/mol. The highest BCUT2D eigenvalue weighted by Crippen LogP contribution is 2.37. The number of methoxy groups -OCH3 is 1. The van der Waals surface area contributed by atoms with Gasteiger partial charge in [0.15, 0.2) is 0 Å². The van der Waals surface area contributed by atoms with Gasteiger partial charge in [-0.3, -0.25) is 14.5 Å². The molecule has 1 aromatic heterocycles. The fraction of sp³-hybridized carbons (Fsp3) is 0.100. The van der Waals surface area contributed by atoms with Crippen LogP contribution in [0.1, 0.15) is 5.56 Å². The third-order valence-electron chi connectivity index (χ3n) is 4.41. The lowest BCUT2D eigenvalue weighted by atomic mass is 10.2. The molecule has 1 amide bonds. The Balaban J connectivity index is 1.72. The Morgan fingerprint density at radius 2 is 1.85 bits per heavy atom. The molecule has 130 valence electrons. The van der Waals surface area contributed by atoms with Crippen molar-refractivity contribution in [2.24, 2.45) is 0 Å². The standard InChI is InChI=1S/C20H16N2O3S/c1-13-19(23)26-20(24)22(13)18-5-3-4-17-16(18)10-11-21(17)12-14-6-8-15(25-2)9-7-14/h3-11H,1,12H2,2H3. The normalized spacial score (nSPS) is 14.5. The average molecular weight is 364 g/mol. The van der Waals surface area contributed by atoms with E-state index in [-0.39, 0.29) is 16.1 Å². The zero-order chi connectivity index (χ0) is 18.3. The maximum absolute atomic E-state index is 12.2. The van der Waals surface area contributed by atoms with E-state index in [0.29, 0.717) is 24.0 Å². The summed E-state index contributed by atoms with van der Waals surface area (Å²) in [6.45, 7) is 4.45. The maximum atomic E-state index is 12.2. The summed E-state index contributed by atoms with van der Waals surface area (Å²) in [5, 5.41) is 0.297. The van der Waals surface area contributed by atoms with Gasteiger partial charge in [0.2, 0.25) is 5.12 Å². The van der Waals surface area contributed by atoms with Crippen LogP contribution in [0.15, 0.2) is 67.0 Å². The molecule has 1 saturated heterocycles. The number of ether oxygens (including phenoxy) is 1. The van der Waals surface area contributed by atoms with Gasteiger partial charge in [-0.2, -0.15) is 0 Å². The van der Waals surface area contributed by atoms with Crippen molar-refractivity contribution in [3.8, 4) is 5.75 Å². The topological polar surface area (TPSA) is 51.5 Å². The van der Waals surface area contributed by atoms with E-state index in [4.69, 9.17) is 4.74 Å². The van der Waals surface area contributed by atoms with Gasteiger partial charge in [-0.1, -0.05) is 24.8 Å². The number of rotatable bonds is 4. The fourth-order valence-corrected chi connectivity index (χ4v) is 3.76. The number of carbonyl (C=O) groups is 2. The highest BCUT2D eigenvalue weighted by atomic mass is 32.2. The van der Waals surface area contributed by atoms with Crippen LogP contribution in [0.5, 0.6) is 5.75 Å². The number of thioether (sulfide) groups is 1. The quantitative estimate of drug-likeness (QED) is 0.644. The number of anilines is 1. The average Bonchev–Trinajstić information content (AvgIpc) is 3.16. The molecule has 0 spiro atoms. The van der Waals surface area contributed by atoms with Crippen molar-refractivity contribution >= 4 is 38.7 Å². The summed E-state index contributed by atoms with van der Waals surface area (Å²) in [7, 11) is 1.65. The summed E-state index contributed by atoms with van der Waals surface area (Å²) < 4.78 is 7.30. The van der Waals surface area contributed by atoms with Gasteiger partial charge < -0.3 is 9.30 Å². The molecule has 3 aromatic rings. The Kier molecular flexibility index (Phi) is 4.05. The summed E-state index contributed by atoms with van der Waals surface area (Å²) in [5.74, 6) is 0.821. The molecular weight excluding hydrogens is 348 g/mol. The number of benzene rings is 2. The van der Waals surface area contributed by atoms with Crippen LogP contribution in [0.2, 0.25) is 0 Å².